The molecule has 1 saturated heterocycles. The van der Waals surface area contributed by atoms with Gasteiger partial charge in [-0.3, -0.25) is 14.3 Å². The summed E-state index contributed by atoms with van der Waals surface area (Å²) in [4.78, 5) is 14.6. The zero-order valence-electron chi connectivity index (χ0n) is 13.7. The van der Waals surface area contributed by atoms with Gasteiger partial charge in [0.25, 0.3) is 0 Å². The normalized spacial score (nSPS) is 27.9. The standard InChI is InChI=1S/C15H30N2O2S/c1-7-11(4)14-15(18)17(12(5)9-20(6)19)13(16-14)8-10(2)3/h10-14,16H,7-9H2,1-6H3. The number of rotatable bonds is 7. The van der Waals surface area contributed by atoms with Gasteiger partial charge in [0.1, 0.15) is 0 Å². The Balaban J connectivity index is 2.89. The maximum atomic E-state index is 12.7. The van der Waals surface area contributed by atoms with E-state index in [-0.39, 0.29) is 24.2 Å². The average Bonchev–Trinajstić information content (AvgIpc) is 2.63. The lowest BCUT2D eigenvalue weighted by Crippen LogP contribution is -2.46. The number of amides is 1. The van der Waals surface area contributed by atoms with E-state index in [1.165, 1.54) is 0 Å². The van der Waals surface area contributed by atoms with Crippen LogP contribution in [-0.2, 0) is 15.6 Å². The van der Waals surface area contributed by atoms with Crippen LogP contribution < -0.4 is 5.32 Å². The molecule has 1 fully saturated rings. The number of carbonyl (C=O) groups excluding carboxylic acids is 1. The van der Waals surface area contributed by atoms with Gasteiger partial charge in [0, 0.05) is 28.9 Å². The van der Waals surface area contributed by atoms with Crippen molar-refractivity contribution in [3.05, 3.63) is 0 Å². The van der Waals surface area contributed by atoms with Crippen molar-refractivity contribution in [1.82, 2.24) is 10.2 Å². The highest BCUT2D eigenvalue weighted by Gasteiger charge is 2.43. The zero-order chi connectivity index (χ0) is 15.4. The van der Waals surface area contributed by atoms with Gasteiger partial charge in [0.2, 0.25) is 5.91 Å². The Kier molecular flexibility index (Phi) is 6.65. The van der Waals surface area contributed by atoms with Gasteiger partial charge in [0.05, 0.1) is 12.2 Å². The highest BCUT2D eigenvalue weighted by Crippen LogP contribution is 2.25. The van der Waals surface area contributed by atoms with E-state index in [1.807, 2.05) is 11.8 Å². The molecule has 1 amide bonds. The van der Waals surface area contributed by atoms with Crippen LogP contribution in [0.2, 0.25) is 0 Å². The lowest BCUT2D eigenvalue weighted by Gasteiger charge is -2.31. The first kappa shape index (κ1) is 17.6. The highest BCUT2D eigenvalue weighted by atomic mass is 32.2. The smallest absolute Gasteiger partial charge is 0.241 e. The summed E-state index contributed by atoms with van der Waals surface area (Å²) in [7, 11) is -0.880. The van der Waals surface area contributed by atoms with Crippen LogP contribution in [0.1, 0.15) is 47.5 Å². The summed E-state index contributed by atoms with van der Waals surface area (Å²) < 4.78 is 11.5. The van der Waals surface area contributed by atoms with Crippen LogP contribution >= 0.6 is 0 Å². The van der Waals surface area contributed by atoms with Crippen molar-refractivity contribution in [2.24, 2.45) is 11.8 Å². The molecule has 0 aromatic carbocycles. The van der Waals surface area contributed by atoms with E-state index in [9.17, 15) is 9.00 Å². The predicted octanol–water partition coefficient (Wildman–Crippen LogP) is 1.97. The molecular formula is C15H30N2O2S. The molecule has 0 radical (unpaired) electrons. The molecule has 1 aliphatic heterocycles. The van der Waals surface area contributed by atoms with E-state index in [0.29, 0.717) is 17.6 Å². The van der Waals surface area contributed by atoms with E-state index in [0.717, 1.165) is 12.8 Å². The van der Waals surface area contributed by atoms with Crippen molar-refractivity contribution in [1.29, 1.82) is 0 Å². The Morgan fingerprint density at radius 3 is 2.35 bits per heavy atom. The third kappa shape index (κ3) is 4.29. The Morgan fingerprint density at radius 2 is 1.90 bits per heavy atom. The highest BCUT2D eigenvalue weighted by molar-refractivity contribution is 7.84. The molecule has 1 aliphatic rings. The summed E-state index contributed by atoms with van der Waals surface area (Å²) in [6, 6.07) is -0.0601. The Hall–Kier alpha value is -0.420. The molecule has 5 heteroatoms. The molecule has 1 rings (SSSR count). The van der Waals surface area contributed by atoms with E-state index in [4.69, 9.17) is 0 Å². The average molecular weight is 302 g/mol. The summed E-state index contributed by atoms with van der Waals surface area (Å²) in [5, 5.41) is 3.50. The van der Waals surface area contributed by atoms with Crippen molar-refractivity contribution < 1.29 is 9.00 Å². The molecular weight excluding hydrogens is 272 g/mol. The third-order valence-corrected chi connectivity index (χ3v) is 5.04. The minimum Gasteiger partial charge on any atom is -0.322 e. The topological polar surface area (TPSA) is 49.4 Å². The first-order valence-corrected chi connectivity index (χ1v) is 9.38. The maximum absolute atomic E-state index is 12.7. The van der Waals surface area contributed by atoms with Crippen molar-refractivity contribution in [2.45, 2.75) is 65.7 Å². The Bertz CT molecular complexity index is 360. The molecule has 0 aliphatic carbocycles. The van der Waals surface area contributed by atoms with Crippen LogP contribution in [0.5, 0.6) is 0 Å². The molecule has 0 bridgehead atoms. The molecule has 4 nitrogen and oxygen atoms in total. The quantitative estimate of drug-likeness (QED) is 0.782. The molecule has 5 atom stereocenters. The van der Waals surface area contributed by atoms with E-state index < -0.39 is 10.8 Å². The summed E-state index contributed by atoms with van der Waals surface area (Å²) in [5.41, 5.74) is 0. The van der Waals surface area contributed by atoms with E-state index in [2.05, 4.69) is 33.0 Å². The Labute approximate surface area is 126 Å². The second-order valence-corrected chi connectivity index (χ2v) is 7.99. The minimum atomic E-state index is -0.880. The van der Waals surface area contributed by atoms with Gasteiger partial charge in [-0.25, -0.2) is 0 Å². The van der Waals surface area contributed by atoms with E-state index >= 15 is 0 Å². The van der Waals surface area contributed by atoms with Gasteiger partial charge in [-0.05, 0) is 25.2 Å². The summed E-state index contributed by atoms with van der Waals surface area (Å²) in [5.74, 6) is 1.59. The van der Waals surface area contributed by atoms with Crippen molar-refractivity contribution >= 4 is 16.7 Å². The third-order valence-electron chi connectivity index (χ3n) is 4.09. The zero-order valence-corrected chi connectivity index (χ0v) is 14.5. The molecule has 0 spiro atoms. The molecule has 20 heavy (non-hydrogen) atoms. The number of hydrogen-bond donors (Lipinski definition) is 1. The molecule has 1 N–H and O–H groups in total. The van der Waals surface area contributed by atoms with Crippen LogP contribution in [-0.4, -0.2) is 45.3 Å². The molecule has 0 aromatic heterocycles. The van der Waals surface area contributed by atoms with Crippen LogP contribution in [0.25, 0.3) is 0 Å². The number of nitrogens with one attached hydrogen (secondary N) is 1. The monoisotopic (exact) mass is 302 g/mol. The SMILES string of the molecule is CCC(C)C1NC(CC(C)C)N(C(C)CS(C)=O)C1=O. The fourth-order valence-electron chi connectivity index (χ4n) is 2.89. The molecule has 118 valence electrons. The van der Waals surface area contributed by atoms with E-state index in [1.54, 1.807) is 6.26 Å². The van der Waals surface area contributed by atoms with Gasteiger partial charge in [-0.15, -0.1) is 0 Å². The van der Waals surface area contributed by atoms with Gasteiger partial charge in [0.15, 0.2) is 0 Å². The maximum Gasteiger partial charge on any atom is 0.241 e. The molecule has 1 heterocycles. The lowest BCUT2D eigenvalue weighted by atomic mass is 9.99. The minimum absolute atomic E-state index is 0.0265. The fourth-order valence-corrected chi connectivity index (χ4v) is 3.73. The van der Waals surface area contributed by atoms with Crippen LogP contribution in [0, 0.1) is 11.8 Å². The van der Waals surface area contributed by atoms with Crippen LogP contribution in [0.15, 0.2) is 0 Å². The van der Waals surface area contributed by atoms with Gasteiger partial charge in [-0.1, -0.05) is 34.1 Å². The Morgan fingerprint density at radius 1 is 1.30 bits per heavy atom. The molecule has 0 saturated carbocycles. The summed E-state index contributed by atoms with van der Waals surface area (Å²) in [6.07, 6.45) is 3.72. The largest absolute Gasteiger partial charge is 0.322 e. The van der Waals surface area contributed by atoms with Crippen molar-refractivity contribution in [2.75, 3.05) is 12.0 Å². The first-order valence-electron chi connectivity index (χ1n) is 7.66. The number of nitrogens with zero attached hydrogens (tertiary/aromatic N) is 1. The fraction of sp³-hybridized carbons (Fsp3) is 0.933. The summed E-state index contributed by atoms with van der Waals surface area (Å²) in [6.45, 7) is 10.6. The summed E-state index contributed by atoms with van der Waals surface area (Å²) >= 11 is 0. The van der Waals surface area contributed by atoms with Gasteiger partial charge in [-0.2, -0.15) is 0 Å². The lowest BCUT2D eigenvalue weighted by molar-refractivity contribution is -0.132. The van der Waals surface area contributed by atoms with Crippen molar-refractivity contribution in [3.63, 3.8) is 0 Å². The van der Waals surface area contributed by atoms with Crippen LogP contribution in [0.3, 0.4) is 0 Å². The first-order chi connectivity index (χ1) is 9.27. The predicted molar refractivity (Wildman–Crippen MR) is 84.9 cm³/mol. The second-order valence-electron chi connectivity index (χ2n) is 6.51. The van der Waals surface area contributed by atoms with Crippen LogP contribution in [0.4, 0.5) is 0 Å². The second kappa shape index (κ2) is 7.55. The number of carbonyl (C=O) groups is 1. The van der Waals surface area contributed by atoms with Gasteiger partial charge < -0.3 is 4.90 Å². The number of hydrogen-bond acceptors (Lipinski definition) is 3. The van der Waals surface area contributed by atoms with Crippen molar-refractivity contribution in [3.8, 4) is 0 Å². The van der Waals surface area contributed by atoms with Gasteiger partial charge >= 0.3 is 0 Å². The molecule has 0 aromatic rings. The molecule has 5 unspecified atom stereocenters.